The number of hydrogen-bond acceptors (Lipinski definition) is 3. The molecule has 3 unspecified atom stereocenters. The van der Waals surface area contributed by atoms with Crippen LogP contribution in [0.15, 0.2) is 0 Å². The molecule has 4 heteroatoms. The second-order valence-electron chi connectivity index (χ2n) is 4.82. The number of carbonyl (C=O) groups excluding carboxylic acids is 1. The summed E-state index contributed by atoms with van der Waals surface area (Å²) in [7, 11) is 0. The van der Waals surface area contributed by atoms with Crippen molar-refractivity contribution in [2.75, 3.05) is 0 Å². The average molecular weight is 326 g/mol. The number of esters is 1. The molecule has 3 atom stereocenters. The zero-order valence-electron chi connectivity index (χ0n) is 9.55. The highest BCUT2D eigenvalue weighted by Crippen LogP contribution is 2.33. The summed E-state index contributed by atoms with van der Waals surface area (Å²) in [5, 5.41) is 9.74. The van der Waals surface area contributed by atoms with Gasteiger partial charge in [0, 0.05) is 6.42 Å². The lowest BCUT2D eigenvalue weighted by molar-refractivity contribution is -0.151. The van der Waals surface area contributed by atoms with Gasteiger partial charge in [-0.25, -0.2) is 0 Å². The van der Waals surface area contributed by atoms with Crippen molar-refractivity contribution < 1.29 is 14.6 Å². The maximum atomic E-state index is 11.8. The zero-order chi connectivity index (χ0) is 11.7. The smallest absolute Gasteiger partial charge is 0.322 e. The minimum Gasteiger partial charge on any atom is -0.461 e. The lowest BCUT2D eigenvalue weighted by Crippen LogP contribution is -2.33. The fraction of sp³-hybridized carbons (Fsp3) is 0.909. The van der Waals surface area contributed by atoms with Crippen LogP contribution in [0.25, 0.3) is 0 Å². The first-order chi connectivity index (χ1) is 6.77. The summed E-state index contributed by atoms with van der Waals surface area (Å²) >= 11 is 2.12. The molecule has 3 nitrogen and oxygen atoms in total. The van der Waals surface area contributed by atoms with Crippen molar-refractivity contribution in [2.24, 2.45) is 0 Å². The molecule has 0 spiro atoms. The Morgan fingerprint density at radius 2 is 2.33 bits per heavy atom. The highest BCUT2D eigenvalue weighted by atomic mass is 127. The van der Waals surface area contributed by atoms with Gasteiger partial charge >= 0.3 is 5.97 Å². The van der Waals surface area contributed by atoms with Crippen molar-refractivity contribution in [2.45, 2.75) is 61.6 Å². The molecule has 0 aromatic carbocycles. The molecule has 0 bridgehead atoms. The van der Waals surface area contributed by atoms with Gasteiger partial charge in [0.1, 0.15) is 9.53 Å². The summed E-state index contributed by atoms with van der Waals surface area (Å²) in [6, 6.07) is 0. The van der Waals surface area contributed by atoms with E-state index in [9.17, 15) is 9.90 Å². The van der Waals surface area contributed by atoms with E-state index in [0.717, 1.165) is 19.3 Å². The van der Waals surface area contributed by atoms with Crippen LogP contribution in [-0.2, 0) is 9.53 Å². The Bertz CT molecular complexity index is 248. The van der Waals surface area contributed by atoms with Gasteiger partial charge in [0.25, 0.3) is 0 Å². The monoisotopic (exact) mass is 326 g/mol. The standard InChI is InChI=1S/C11H19IO3/c1-4-11(3,12)9(13)15-8-5-6-10(2,14)7-8/h8,14H,4-7H2,1-3H3. The van der Waals surface area contributed by atoms with Crippen LogP contribution >= 0.6 is 22.6 Å². The first-order valence-corrected chi connectivity index (χ1v) is 6.47. The largest absolute Gasteiger partial charge is 0.461 e. The van der Waals surface area contributed by atoms with Crippen molar-refractivity contribution in [3.8, 4) is 0 Å². The van der Waals surface area contributed by atoms with E-state index in [1.165, 1.54) is 0 Å². The molecule has 1 saturated carbocycles. The van der Waals surface area contributed by atoms with Crippen molar-refractivity contribution in [3.05, 3.63) is 0 Å². The normalized spacial score (nSPS) is 34.9. The van der Waals surface area contributed by atoms with E-state index < -0.39 is 9.02 Å². The minimum atomic E-state index is -0.654. The van der Waals surface area contributed by atoms with Gasteiger partial charge in [-0.1, -0.05) is 29.5 Å². The van der Waals surface area contributed by atoms with E-state index >= 15 is 0 Å². The van der Waals surface area contributed by atoms with Crippen LogP contribution in [0.5, 0.6) is 0 Å². The number of aliphatic hydroxyl groups is 1. The van der Waals surface area contributed by atoms with E-state index in [2.05, 4.69) is 22.6 Å². The maximum Gasteiger partial charge on any atom is 0.322 e. The van der Waals surface area contributed by atoms with Crippen molar-refractivity contribution in [1.29, 1.82) is 0 Å². The van der Waals surface area contributed by atoms with Gasteiger partial charge < -0.3 is 9.84 Å². The third-order valence-corrected chi connectivity index (χ3v) is 4.24. The molecule has 0 saturated heterocycles. The minimum absolute atomic E-state index is 0.104. The Morgan fingerprint density at radius 1 is 1.73 bits per heavy atom. The Morgan fingerprint density at radius 3 is 2.73 bits per heavy atom. The summed E-state index contributed by atoms with van der Waals surface area (Å²) in [5.74, 6) is -0.159. The average Bonchev–Trinajstić information content (AvgIpc) is 2.45. The highest BCUT2D eigenvalue weighted by Gasteiger charge is 2.38. The van der Waals surface area contributed by atoms with Gasteiger partial charge in [0.15, 0.2) is 0 Å². The predicted molar refractivity (Wildman–Crippen MR) is 67.1 cm³/mol. The zero-order valence-corrected chi connectivity index (χ0v) is 11.7. The number of rotatable bonds is 3. The Labute approximate surface area is 105 Å². The molecular weight excluding hydrogens is 307 g/mol. The molecule has 0 aromatic heterocycles. The van der Waals surface area contributed by atoms with Gasteiger partial charge in [0.05, 0.1) is 5.60 Å². The van der Waals surface area contributed by atoms with E-state index in [4.69, 9.17) is 4.74 Å². The summed E-state index contributed by atoms with van der Waals surface area (Å²) in [6.45, 7) is 5.64. The van der Waals surface area contributed by atoms with Gasteiger partial charge in [-0.15, -0.1) is 0 Å². The molecule has 0 amide bonds. The number of ether oxygens (including phenoxy) is 1. The van der Waals surface area contributed by atoms with Gasteiger partial charge in [-0.05, 0) is 33.1 Å². The Kier molecular flexibility index (Phi) is 4.03. The summed E-state index contributed by atoms with van der Waals surface area (Å²) in [4.78, 5) is 11.8. The molecule has 0 radical (unpaired) electrons. The van der Waals surface area contributed by atoms with Crippen LogP contribution in [0.3, 0.4) is 0 Å². The molecule has 15 heavy (non-hydrogen) atoms. The number of alkyl halides is 1. The quantitative estimate of drug-likeness (QED) is 0.492. The van der Waals surface area contributed by atoms with Gasteiger partial charge in [0.2, 0.25) is 0 Å². The fourth-order valence-corrected chi connectivity index (χ4v) is 1.81. The number of carbonyl (C=O) groups is 1. The summed E-state index contributed by atoms with van der Waals surface area (Å²) in [5.41, 5.74) is -0.654. The summed E-state index contributed by atoms with van der Waals surface area (Å²) < 4.78 is 4.96. The molecule has 1 aliphatic carbocycles. The van der Waals surface area contributed by atoms with Gasteiger partial charge in [-0.2, -0.15) is 0 Å². The van der Waals surface area contributed by atoms with E-state index in [1.54, 1.807) is 6.92 Å². The predicted octanol–water partition coefficient (Wildman–Crippen LogP) is 2.44. The molecule has 0 aliphatic heterocycles. The second kappa shape index (κ2) is 4.57. The maximum absolute atomic E-state index is 11.8. The molecule has 1 aliphatic rings. The van der Waals surface area contributed by atoms with Crippen LogP contribution < -0.4 is 0 Å². The highest BCUT2D eigenvalue weighted by molar-refractivity contribution is 14.1. The molecule has 88 valence electrons. The van der Waals surface area contributed by atoms with Crippen LogP contribution in [-0.4, -0.2) is 26.2 Å². The van der Waals surface area contributed by atoms with Crippen molar-refractivity contribution in [1.82, 2.24) is 0 Å². The summed E-state index contributed by atoms with van der Waals surface area (Å²) in [6.07, 6.45) is 2.71. The Balaban J connectivity index is 2.47. The van der Waals surface area contributed by atoms with Gasteiger partial charge in [-0.3, -0.25) is 4.79 Å². The van der Waals surface area contributed by atoms with Crippen molar-refractivity contribution in [3.63, 3.8) is 0 Å². The third-order valence-electron chi connectivity index (χ3n) is 3.04. The topological polar surface area (TPSA) is 46.5 Å². The molecule has 0 heterocycles. The van der Waals surface area contributed by atoms with Crippen LogP contribution in [0.2, 0.25) is 0 Å². The lowest BCUT2D eigenvalue weighted by atomic mass is 10.1. The second-order valence-corrected chi connectivity index (χ2v) is 7.20. The van der Waals surface area contributed by atoms with Crippen molar-refractivity contribution >= 4 is 28.6 Å². The van der Waals surface area contributed by atoms with Crippen LogP contribution in [0.1, 0.15) is 46.5 Å². The van der Waals surface area contributed by atoms with E-state index in [1.807, 2.05) is 13.8 Å². The van der Waals surface area contributed by atoms with E-state index in [-0.39, 0.29) is 12.1 Å². The molecule has 0 aromatic rings. The molecule has 1 fully saturated rings. The molecule has 1 rings (SSSR count). The van der Waals surface area contributed by atoms with Crippen LogP contribution in [0, 0.1) is 0 Å². The number of hydrogen-bond donors (Lipinski definition) is 1. The Hall–Kier alpha value is 0.160. The fourth-order valence-electron chi connectivity index (χ4n) is 1.69. The van der Waals surface area contributed by atoms with E-state index in [0.29, 0.717) is 6.42 Å². The first kappa shape index (κ1) is 13.2. The lowest BCUT2D eigenvalue weighted by Gasteiger charge is -2.22. The van der Waals surface area contributed by atoms with Crippen LogP contribution in [0.4, 0.5) is 0 Å². The third kappa shape index (κ3) is 3.59. The molecular formula is C11H19IO3. The molecule has 1 N–H and O–H groups in total. The first-order valence-electron chi connectivity index (χ1n) is 5.39. The SMILES string of the molecule is CCC(C)(I)C(=O)OC1CCC(C)(O)C1. The number of halogens is 1.